The predicted molar refractivity (Wildman–Crippen MR) is 81.2 cm³/mol. The van der Waals surface area contributed by atoms with E-state index in [0.717, 1.165) is 18.6 Å². The van der Waals surface area contributed by atoms with Crippen molar-refractivity contribution in [1.29, 1.82) is 0 Å². The van der Waals surface area contributed by atoms with Gasteiger partial charge < -0.3 is 15.4 Å². The quantitative estimate of drug-likeness (QED) is 0.481. The molecule has 0 aliphatic heterocycles. The van der Waals surface area contributed by atoms with E-state index in [2.05, 4.69) is 22.5 Å². The van der Waals surface area contributed by atoms with E-state index in [1.807, 2.05) is 6.92 Å². The Kier molecular flexibility index (Phi) is 7.01. The molecule has 0 spiro atoms. The van der Waals surface area contributed by atoms with Crippen LogP contribution in [0.4, 0.5) is 13.2 Å². The van der Waals surface area contributed by atoms with E-state index in [4.69, 9.17) is 4.74 Å². The maximum Gasteiger partial charge on any atom is 0.416 e. The van der Waals surface area contributed by atoms with Crippen LogP contribution < -0.4 is 15.4 Å². The third-order valence-corrected chi connectivity index (χ3v) is 3.06. The van der Waals surface area contributed by atoms with Crippen LogP contribution in [-0.2, 0) is 6.18 Å². The van der Waals surface area contributed by atoms with Crippen molar-refractivity contribution in [2.75, 3.05) is 20.2 Å². The van der Waals surface area contributed by atoms with Gasteiger partial charge in [0.1, 0.15) is 12.4 Å². The van der Waals surface area contributed by atoms with Crippen LogP contribution in [0.1, 0.15) is 25.8 Å². The molecule has 1 atom stereocenters. The molecule has 0 aliphatic carbocycles. The summed E-state index contributed by atoms with van der Waals surface area (Å²) in [5.74, 6) is 1.07. The van der Waals surface area contributed by atoms with Crippen LogP contribution in [-0.4, -0.2) is 32.2 Å². The van der Waals surface area contributed by atoms with Crippen molar-refractivity contribution in [1.82, 2.24) is 10.6 Å². The number of hydrogen-bond acceptors (Lipinski definition) is 2. The normalized spacial score (nSPS) is 13.6. The molecule has 4 nitrogen and oxygen atoms in total. The largest absolute Gasteiger partial charge is 0.492 e. The number of aliphatic imine (C=N–C) groups is 1. The summed E-state index contributed by atoms with van der Waals surface area (Å²) in [6.45, 7) is 4.94. The lowest BCUT2D eigenvalue weighted by Crippen LogP contribution is -2.43. The zero-order valence-corrected chi connectivity index (χ0v) is 13.0. The standard InChI is InChI=1S/C15H22F3N3O/c1-4-11(2)21-14(19-3)20-9-10-22-13-7-5-12(6-8-13)15(16,17)18/h5-8,11H,4,9-10H2,1-3H3,(H2,19,20,21). The molecule has 0 heterocycles. The minimum Gasteiger partial charge on any atom is -0.492 e. The van der Waals surface area contributed by atoms with Crippen molar-refractivity contribution in [3.63, 3.8) is 0 Å². The van der Waals surface area contributed by atoms with E-state index in [1.165, 1.54) is 12.1 Å². The average Bonchev–Trinajstić information content (AvgIpc) is 2.49. The first-order chi connectivity index (χ1) is 10.4. The number of rotatable bonds is 6. The second-order valence-electron chi connectivity index (χ2n) is 4.82. The smallest absolute Gasteiger partial charge is 0.416 e. The first-order valence-corrected chi connectivity index (χ1v) is 7.14. The summed E-state index contributed by atoms with van der Waals surface area (Å²) in [4.78, 5) is 4.07. The summed E-state index contributed by atoms with van der Waals surface area (Å²) in [5, 5.41) is 6.27. The number of alkyl halides is 3. The lowest BCUT2D eigenvalue weighted by Gasteiger charge is -2.16. The SMILES string of the molecule is CCC(C)NC(=NC)NCCOc1ccc(C(F)(F)F)cc1. The highest BCUT2D eigenvalue weighted by Crippen LogP contribution is 2.30. The molecular weight excluding hydrogens is 295 g/mol. The van der Waals surface area contributed by atoms with Gasteiger partial charge in [-0.2, -0.15) is 13.2 Å². The number of nitrogens with one attached hydrogen (secondary N) is 2. The molecule has 0 aliphatic rings. The fraction of sp³-hybridized carbons (Fsp3) is 0.533. The van der Waals surface area contributed by atoms with Crippen molar-refractivity contribution >= 4 is 5.96 Å². The van der Waals surface area contributed by atoms with Gasteiger partial charge in [0, 0.05) is 13.1 Å². The second kappa shape index (κ2) is 8.51. The van der Waals surface area contributed by atoms with Crippen LogP contribution in [0.5, 0.6) is 5.75 Å². The Balaban J connectivity index is 2.35. The zero-order chi connectivity index (χ0) is 16.6. The van der Waals surface area contributed by atoms with Gasteiger partial charge in [-0.25, -0.2) is 0 Å². The van der Waals surface area contributed by atoms with Gasteiger partial charge in [-0.3, -0.25) is 4.99 Å². The summed E-state index contributed by atoms with van der Waals surface area (Å²) in [6, 6.07) is 4.95. The van der Waals surface area contributed by atoms with E-state index in [9.17, 15) is 13.2 Å². The van der Waals surface area contributed by atoms with Crippen LogP contribution in [0.2, 0.25) is 0 Å². The maximum atomic E-state index is 12.4. The molecule has 0 amide bonds. The summed E-state index contributed by atoms with van der Waals surface area (Å²) in [6.07, 6.45) is -3.35. The Morgan fingerprint density at radius 1 is 1.27 bits per heavy atom. The predicted octanol–water partition coefficient (Wildman–Crippen LogP) is 3.05. The molecule has 22 heavy (non-hydrogen) atoms. The molecule has 0 radical (unpaired) electrons. The van der Waals surface area contributed by atoms with Crippen LogP contribution >= 0.6 is 0 Å². The maximum absolute atomic E-state index is 12.4. The van der Waals surface area contributed by atoms with Gasteiger partial charge in [-0.15, -0.1) is 0 Å². The Bertz CT molecular complexity index is 472. The van der Waals surface area contributed by atoms with Crippen molar-refractivity contribution in [2.45, 2.75) is 32.5 Å². The van der Waals surface area contributed by atoms with Gasteiger partial charge >= 0.3 is 6.18 Å². The van der Waals surface area contributed by atoms with Crippen LogP contribution in [0.3, 0.4) is 0 Å². The average molecular weight is 317 g/mol. The van der Waals surface area contributed by atoms with Crippen molar-refractivity contribution in [3.8, 4) is 5.75 Å². The summed E-state index contributed by atoms with van der Waals surface area (Å²) in [5.41, 5.74) is -0.684. The Labute approximate surface area is 128 Å². The lowest BCUT2D eigenvalue weighted by molar-refractivity contribution is -0.137. The fourth-order valence-electron chi connectivity index (χ4n) is 1.61. The molecule has 1 aromatic carbocycles. The van der Waals surface area contributed by atoms with Gasteiger partial charge in [-0.05, 0) is 37.6 Å². The third kappa shape index (κ3) is 6.24. The Hall–Kier alpha value is -1.92. The van der Waals surface area contributed by atoms with Gasteiger partial charge in [0.05, 0.1) is 12.1 Å². The zero-order valence-electron chi connectivity index (χ0n) is 13.0. The molecule has 0 saturated carbocycles. The highest BCUT2D eigenvalue weighted by molar-refractivity contribution is 5.79. The molecule has 1 rings (SSSR count). The molecule has 1 aromatic rings. The van der Waals surface area contributed by atoms with E-state index < -0.39 is 11.7 Å². The number of guanidine groups is 1. The molecule has 2 N–H and O–H groups in total. The van der Waals surface area contributed by atoms with E-state index in [-0.39, 0.29) is 0 Å². The highest BCUT2D eigenvalue weighted by atomic mass is 19.4. The van der Waals surface area contributed by atoms with E-state index >= 15 is 0 Å². The fourth-order valence-corrected chi connectivity index (χ4v) is 1.61. The minimum atomic E-state index is -4.33. The summed E-state index contributed by atoms with van der Waals surface area (Å²) >= 11 is 0. The Morgan fingerprint density at radius 2 is 1.91 bits per heavy atom. The molecule has 0 fully saturated rings. The van der Waals surface area contributed by atoms with Crippen molar-refractivity contribution in [3.05, 3.63) is 29.8 Å². The molecule has 7 heteroatoms. The number of ether oxygens (including phenoxy) is 1. The molecule has 0 saturated heterocycles. The van der Waals surface area contributed by atoms with Crippen molar-refractivity contribution < 1.29 is 17.9 Å². The Morgan fingerprint density at radius 3 is 2.41 bits per heavy atom. The first kappa shape index (κ1) is 18.1. The van der Waals surface area contributed by atoms with Crippen LogP contribution in [0.15, 0.2) is 29.3 Å². The highest BCUT2D eigenvalue weighted by Gasteiger charge is 2.29. The number of hydrogen-bond donors (Lipinski definition) is 2. The monoisotopic (exact) mass is 317 g/mol. The van der Waals surface area contributed by atoms with Crippen molar-refractivity contribution in [2.24, 2.45) is 4.99 Å². The number of nitrogens with zero attached hydrogens (tertiary/aromatic N) is 1. The van der Waals surface area contributed by atoms with Crippen LogP contribution in [0.25, 0.3) is 0 Å². The van der Waals surface area contributed by atoms with E-state index in [0.29, 0.717) is 30.9 Å². The lowest BCUT2D eigenvalue weighted by atomic mass is 10.2. The number of benzene rings is 1. The molecule has 124 valence electrons. The van der Waals surface area contributed by atoms with Gasteiger partial charge in [0.2, 0.25) is 0 Å². The summed E-state index contributed by atoms with van der Waals surface area (Å²) < 4.78 is 42.6. The molecule has 0 aromatic heterocycles. The first-order valence-electron chi connectivity index (χ1n) is 7.14. The molecular formula is C15H22F3N3O. The second-order valence-corrected chi connectivity index (χ2v) is 4.82. The molecule has 0 bridgehead atoms. The van der Waals surface area contributed by atoms with Gasteiger partial charge in [-0.1, -0.05) is 6.92 Å². The van der Waals surface area contributed by atoms with Gasteiger partial charge in [0.25, 0.3) is 0 Å². The van der Waals surface area contributed by atoms with E-state index in [1.54, 1.807) is 7.05 Å². The van der Waals surface area contributed by atoms with Gasteiger partial charge in [0.15, 0.2) is 5.96 Å². The minimum absolute atomic E-state index is 0.307. The van der Waals surface area contributed by atoms with Crippen LogP contribution in [0, 0.1) is 0 Å². The molecule has 1 unspecified atom stereocenters. The number of halogens is 3. The topological polar surface area (TPSA) is 45.7 Å². The third-order valence-electron chi connectivity index (χ3n) is 3.06. The summed E-state index contributed by atoms with van der Waals surface area (Å²) in [7, 11) is 1.68.